The number of carbonyl (C=O) groups is 3. The fourth-order valence-electron chi connectivity index (χ4n) is 2.89. The molecule has 0 spiro atoms. The lowest BCUT2D eigenvalue weighted by Gasteiger charge is -2.17. The summed E-state index contributed by atoms with van der Waals surface area (Å²) in [5.41, 5.74) is 0.790. The van der Waals surface area contributed by atoms with Crippen molar-refractivity contribution < 1.29 is 14.4 Å². The molecule has 1 aliphatic rings. The topological polar surface area (TPSA) is 57.7 Å². The molecule has 0 saturated carbocycles. The first-order valence-electron chi connectivity index (χ1n) is 7.44. The zero-order valence-corrected chi connectivity index (χ0v) is 12.5. The van der Waals surface area contributed by atoms with Crippen molar-refractivity contribution in [3.8, 4) is 0 Å². The number of nitrogens with zero attached hydrogens (tertiary/aromatic N) is 2. The van der Waals surface area contributed by atoms with Crippen molar-refractivity contribution in [1.82, 2.24) is 0 Å². The van der Waals surface area contributed by atoms with Gasteiger partial charge >= 0.3 is 17.8 Å². The summed E-state index contributed by atoms with van der Waals surface area (Å²) in [6, 6.07) is 20.5. The van der Waals surface area contributed by atoms with Crippen LogP contribution in [0.4, 0.5) is 16.2 Å². The van der Waals surface area contributed by atoms with Crippen LogP contribution in [0.2, 0.25) is 0 Å². The first-order valence-corrected chi connectivity index (χ1v) is 7.44. The maximum atomic E-state index is 12.8. The third-order valence-corrected chi connectivity index (χ3v) is 3.99. The smallest absolute Gasteiger partial charge is 0.262 e. The number of fused-ring (bicyclic) bond motifs is 1. The van der Waals surface area contributed by atoms with Gasteiger partial charge in [-0.3, -0.25) is 9.59 Å². The number of hydrogen-bond acceptors (Lipinski definition) is 3. The van der Waals surface area contributed by atoms with Crippen LogP contribution in [0.1, 0.15) is 0 Å². The van der Waals surface area contributed by atoms with Gasteiger partial charge in [0.05, 0.1) is 11.4 Å². The molecule has 3 aromatic carbocycles. The maximum absolute atomic E-state index is 12.8. The summed E-state index contributed by atoms with van der Waals surface area (Å²) < 4.78 is 0. The van der Waals surface area contributed by atoms with Crippen LogP contribution in [0.5, 0.6) is 0 Å². The third kappa shape index (κ3) is 1.99. The van der Waals surface area contributed by atoms with Crippen LogP contribution in [0, 0.1) is 0 Å². The lowest BCUT2D eigenvalue weighted by molar-refractivity contribution is -0.133. The molecule has 5 heteroatoms. The Bertz CT molecular complexity index is 977. The molecule has 1 heterocycles. The molecule has 0 atom stereocenters. The molecule has 0 aliphatic carbocycles. The highest BCUT2D eigenvalue weighted by Crippen LogP contribution is 2.32. The largest absolute Gasteiger partial charge is 0.343 e. The number of rotatable bonds is 2. The summed E-state index contributed by atoms with van der Waals surface area (Å²) in [6.45, 7) is 0. The fraction of sp³-hybridized carbons (Fsp3) is 0. The molecule has 116 valence electrons. The second kappa shape index (κ2) is 5.31. The van der Waals surface area contributed by atoms with Crippen LogP contribution in [-0.4, -0.2) is 17.8 Å². The number of imide groups is 2. The third-order valence-electron chi connectivity index (χ3n) is 3.99. The number of carbonyl (C=O) groups excluding carboxylic acids is 3. The number of para-hydroxylation sites is 1. The van der Waals surface area contributed by atoms with Crippen molar-refractivity contribution in [2.75, 3.05) is 9.80 Å². The first kappa shape index (κ1) is 14.1. The van der Waals surface area contributed by atoms with E-state index in [4.69, 9.17) is 0 Å². The predicted octanol–water partition coefficient (Wildman–Crippen LogP) is 3.34. The van der Waals surface area contributed by atoms with Gasteiger partial charge in [0.2, 0.25) is 0 Å². The molecule has 0 aromatic heterocycles. The number of urea groups is 1. The van der Waals surface area contributed by atoms with Gasteiger partial charge < -0.3 is 0 Å². The molecule has 5 nitrogen and oxygen atoms in total. The van der Waals surface area contributed by atoms with Crippen LogP contribution in [0.3, 0.4) is 0 Å². The minimum Gasteiger partial charge on any atom is -0.262 e. The lowest BCUT2D eigenvalue weighted by Crippen LogP contribution is -2.33. The lowest BCUT2D eigenvalue weighted by atomic mass is 10.1. The van der Waals surface area contributed by atoms with Crippen LogP contribution in [0.25, 0.3) is 10.8 Å². The highest BCUT2D eigenvalue weighted by Gasteiger charge is 2.46. The average molecular weight is 316 g/mol. The quantitative estimate of drug-likeness (QED) is 0.538. The summed E-state index contributed by atoms with van der Waals surface area (Å²) in [5.74, 6) is -1.70. The van der Waals surface area contributed by atoms with E-state index in [0.717, 1.165) is 20.6 Å². The molecule has 0 bridgehead atoms. The SMILES string of the molecule is O=C1C(=O)N(c2cccc3ccccc23)C(=O)N1c1ccccc1. The van der Waals surface area contributed by atoms with Crippen molar-refractivity contribution in [2.45, 2.75) is 0 Å². The van der Waals surface area contributed by atoms with Crippen LogP contribution < -0.4 is 9.80 Å². The van der Waals surface area contributed by atoms with Crippen LogP contribution in [-0.2, 0) is 9.59 Å². The van der Waals surface area contributed by atoms with E-state index in [2.05, 4.69) is 0 Å². The zero-order valence-electron chi connectivity index (χ0n) is 12.5. The highest BCUT2D eigenvalue weighted by atomic mass is 16.2. The molecule has 0 unspecified atom stereocenters. The van der Waals surface area contributed by atoms with E-state index in [1.807, 2.05) is 30.3 Å². The van der Waals surface area contributed by atoms with E-state index < -0.39 is 17.8 Å². The van der Waals surface area contributed by atoms with Gasteiger partial charge in [-0.25, -0.2) is 14.6 Å². The van der Waals surface area contributed by atoms with E-state index in [-0.39, 0.29) is 0 Å². The van der Waals surface area contributed by atoms with Crippen molar-refractivity contribution in [3.63, 3.8) is 0 Å². The van der Waals surface area contributed by atoms with Crippen molar-refractivity contribution in [2.24, 2.45) is 0 Å². The molecular weight excluding hydrogens is 304 g/mol. The zero-order chi connectivity index (χ0) is 16.7. The molecule has 1 fully saturated rings. The molecule has 1 saturated heterocycles. The van der Waals surface area contributed by atoms with Crippen LogP contribution in [0.15, 0.2) is 72.8 Å². The standard InChI is InChI=1S/C19H12N2O3/c22-17-18(23)21(19(24)20(17)14-9-2-1-3-10-14)16-12-6-8-13-7-4-5-11-15(13)16/h1-12H. The molecular formula is C19H12N2O3. The van der Waals surface area contributed by atoms with Gasteiger partial charge in [0, 0.05) is 5.39 Å². The fourth-order valence-corrected chi connectivity index (χ4v) is 2.89. The van der Waals surface area contributed by atoms with E-state index in [9.17, 15) is 14.4 Å². The normalized spacial score (nSPS) is 14.8. The van der Waals surface area contributed by atoms with E-state index in [1.165, 1.54) is 0 Å². The summed E-state index contributed by atoms with van der Waals surface area (Å²) in [5, 5.41) is 1.63. The predicted molar refractivity (Wildman–Crippen MR) is 90.8 cm³/mol. The van der Waals surface area contributed by atoms with Gasteiger partial charge in [-0.05, 0) is 23.6 Å². The van der Waals surface area contributed by atoms with Gasteiger partial charge in [-0.1, -0.05) is 54.6 Å². The molecule has 1 aliphatic heterocycles. The Kier molecular flexibility index (Phi) is 3.13. The molecule has 0 N–H and O–H groups in total. The van der Waals surface area contributed by atoms with Gasteiger partial charge in [0.1, 0.15) is 0 Å². The maximum Gasteiger partial charge on any atom is 0.343 e. The monoisotopic (exact) mass is 316 g/mol. The highest BCUT2D eigenvalue weighted by molar-refractivity contribution is 6.60. The van der Waals surface area contributed by atoms with E-state index in [0.29, 0.717) is 11.4 Å². The Labute approximate surface area is 137 Å². The Morgan fingerprint density at radius 1 is 0.583 bits per heavy atom. The molecule has 0 radical (unpaired) electrons. The van der Waals surface area contributed by atoms with E-state index in [1.54, 1.807) is 42.5 Å². The summed E-state index contributed by atoms with van der Waals surface area (Å²) in [4.78, 5) is 39.4. The van der Waals surface area contributed by atoms with E-state index >= 15 is 0 Å². The number of hydrogen-bond donors (Lipinski definition) is 0. The Morgan fingerprint density at radius 2 is 1.21 bits per heavy atom. The van der Waals surface area contributed by atoms with Gasteiger partial charge in [0.25, 0.3) is 0 Å². The van der Waals surface area contributed by atoms with Crippen molar-refractivity contribution >= 4 is 40.0 Å². The average Bonchev–Trinajstić information content (AvgIpc) is 2.84. The van der Waals surface area contributed by atoms with Crippen molar-refractivity contribution in [1.29, 1.82) is 0 Å². The van der Waals surface area contributed by atoms with Gasteiger partial charge in [0.15, 0.2) is 0 Å². The molecule has 4 rings (SSSR count). The minimum atomic E-state index is -0.848. The second-order valence-electron chi connectivity index (χ2n) is 5.40. The number of anilines is 2. The molecule has 4 amide bonds. The number of benzene rings is 3. The van der Waals surface area contributed by atoms with Crippen molar-refractivity contribution in [3.05, 3.63) is 72.8 Å². The van der Waals surface area contributed by atoms with Gasteiger partial charge in [-0.15, -0.1) is 0 Å². The molecule has 3 aromatic rings. The Balaban J connectivity index is 1.86. The second-order valence-corrected chi connectivity index (χ2v) is 5.40. The number of amides is 4. The minimum absolute atomic E-state index is 0.378. The Morgan fingerprint density at radius 3 is 2.00 bits per heavy atom. The summed E-state index contributed by atoms with van der Waals surface area (Å²) in [6.07, 6.45) is 0. The van der Waals surface area contributed by atoms with Crippen LogP contribution >= 0.6 is 0 Å². The first-order chi connectivity index (χ1) is 11.7. The summed E-state index contributed by atoms with van der Waals surface area (Å²) in [7, 11) is 0. The summed E-state index contributed by atoms with van der Waals surface area (Å²) >= 11 is 0. The Hall–Kier alpha value is -3.47. The molecule has 24 heavy (non-hydrogen) atoms. The van der Waals surface area contributed by atoms with Gasteiger partial charge in [-0.2, -0.15) is 0 Å².